The van der Waals surface area contributed by atoms with E-state index < -0.39 is 10.0 Å². The van der Waals surface area contributed by atoms with Crippen LogP contribution in [0.15, 0.2) is 63.0 Å². The van der Waals surface area contributed by atoms with Crippen molar-refractivity contribution in [1.82, 2.24) is 19.0 Å². The van der Waals surface area contributed by atoms with Crippen molar-refractivity contribution in [3.63, 3.8) is 0 Å². The van der Waals surface area contributed by atoms with Crippen molar-refractivity contribution in [2.24, 2.45) is 0 Å². The summed E-state index contributed by atoms with van der Waals surface area (Å²) in [6.07, 6.45) is 0.544. The van der Waals surface area contributed by atoms with E-state index in [1.54, 1.807) is 53.4 Å². The normalized spacial score (nSPS) is 15.5. The van der Waals surface area contributed by atoms with Gasteiger partial charge in [-0.1, -0.05) is 29.8 Å². The fraction of sp³-hybridized carbons (Fsp3) is 0.348. The van der Waals surface area contributed by atoms with Crippen LogP contribution in [0, 0.1) is 6.92 Å². The smallest absolute Gasteiger partial charge is 0.273 e. The number of hydrogen-bond acceptors (Lipinski definition) is 5. The number of hydrogen-bond donors (Lipinski definition) is 1. The SMILES string of the molecule is Cc1ccc(S(=O)(=O)N2CCCN(C(=O)CCn3[nH]c(=O)c4ccccc4c3=O)CC2)cc1. The Hall–Kier alpha value is -3.24. The summed E-state index contributed by atoms with van der Waals surface area (Å²) in [4.78, 5) is 39.5. The van der Waals surface area contributed by atoms with Gasteiger partial charge in [-0.25, -0.2) is 13.1 Å². The van der Waals surface area contributed by atoms with Crippen molar-refractivity contribution in [1.29, 1.82) is 0 Å². The maximum atomic E-state index is 13.0. The van der Waals surface area contributed by atoms with Crippen LogP contribution >= 0.6 is 0 Å². The van der Waals surface area contributed by atoms with Gasteiger partial charge in [0.25, 0.3) is 11.1 Å². The van der Waals surface area contributed by atoms with Crippen molar-refractivity contribution >= 4 is 26.7 Å². The maximum absolute atomic E-state index is 13.0. The Morgan fingerprint density at radius 3 is 2.36 bits per heavy atom. The largest absolute Gasteiger partial charge is 0.341 e. The summed E-state index contributed by atoms with van der Waals surface area (Å²) < 4.78 is 28.5. The molecule has 1 aromatic heterocycles. The van der Waals surface area contributed by atoms with E-state index in [-0.39, 0.29) is 48.0 Å². The van der Waals surface area contributed by atoms with Crippen LogP contribution in [0.3, 0.4) is 0 Å². The van der Waals surface area contributed by atoms with Gasteiger partial charge in [-0.3, -0.25) is 19.5 Å². The third kappa shape index (κ3) is 4.76. The number of carbonyl (C=O) groups excluding carboxylic acids is 1. The highest BCUT2D eigenvalue weighted by Crippen LogP contribution is 2.18. The molecule has 3 aromatic rings. The highest BCUT2D eigenvalue weighted by Gasteiger charge is 2.28. The van der Waals surface area contributed by atoms with E-state index in [9.17, 15) is 22.8 Å². The molecule has 0 radical (unpaired) electrons. The minimum absolute atomic E-state index is 0.0267. The molecule has 1 N–H and O–H groups in total. The predicted octanol–water partition coefficient (Wildman–Crippen LogP) is 1.31. The lowest BCUT2D eigenvalue weighted by molar-refractivity contribution is -0.131. The number of aryl methyl sites for hydroxylation is 2. The van der Waals surface area contributed by atoms with E-state index in [1.165, 1.54) is 4.31 Å². The van der Waals surface area contributed by atoms with Gasteiger partial charge in [0.1, 0.15) is 0 Å². The van der Waals surface area contributed by atoms with E-state index in [0.29, 0.717) is 30.3 Å². The number of aromatic nitrogens is 2. The van der Waals surface area contributed by atoms with Crippen LogP contribution in [0.5, 0.6) is 0 Å². The average Bonchev–Trinajstić information content (AvgIpc) is 3.08. The summed E-state index contributed by atoms with van der Waals surface area (Å²) in [5.74, 6) is -0.189. The standard InChI is InChI=1S/C23H26N4O5S/c1-17-7-9-18(10-8-17)33(31,32)26-13-4-12-25(15-16-26)21(28)11-14-27-23(30)20-6-3-2-5-19(20)22(29)24-27/h2-3,5-10H,4,11-16H2,1H3,(H,24,29). The van der Waals surface area contributed by atoms with Gasteiger partial charge < -0.3 is 4.90 Å². The Labute approximate surface area is 191 Å². The van der Waals surface area contributed by atoms with Crippen molar-refractivity contribution in [2.75, 3.05) is 26.2 Å². The van der Waals surface area contributed by atoms with Gasteiger partial charge >= 0.3 is 0 Å². The molecular weight excluding hydrogens is 444 g/mol. The number of benzene rings is 2. The molecule has 174 valence electrons. The highest BCUT2D eigenvalue weighted by atomic mass is 32.2. The molecule has 10 heteroatoms. The van der Waals surface area contributed by atoms with Crippen molar-refractivity contribution in [3.05, 3.63) is 74.8 Å². The minimum Gasteiger partial charge on any atom is -0.341 e. The number of sulfonamides is 1. The monoisotopic (exact) mass is 470 g/mol. The first-order valence-electron chi connectivity index (χ1n) is 10.8. The van der Waals surface area contributed by atoms with E-state index in [2.05, 4.69) is 5.10 Å². The Kier molecular flexibility index (Phi) is 6.48. The Morgan fingerprint density at radius 2 is 1.64 bits per heavy atom. The number of nitrogens with zero attached hydrogens (tertiary/aromatic N) is 3. The number of nitrogens with one attached hydrogen (secondary N) is 1. The Balaban J connectivity index is 1.42. The fourth-order valence-corrected chi connectivity index (χ4v) is 5.48. The molecule has 0 unspecified atom stereocenters. The molecule has 0 spiro atoms. The van der Waals surface area contributed by atoms with Gasteiger partial charge in [-0.2, -0.15) is 4.31 Å². The van der Waals surface area contributed by atoms with Crippen molar-refractivity contribution in [2.45, 2.75) is 31.2 Å². The van der Waals surface area contributed by atoms with Gasteiger partial charge in [0, 0.05) is 32.6 Å². The summed E-state index contributed by atoms with van der Waals surface area (Å²) >= 11 is 0. The first kappa shape index (κ1) is 22.9. The van der Waals surface area contributed by atoms with Gasteiger partial charge in [-0.05, 0) is 37.6 Å². The zero-order valence-electron chi connectivity index (χ0n) is 18.4. The van der Waals surface area contributed by atoms with Crippen molar-refractivity contribution < 1.29 is 13.2 Å². The Morgan fingerprint density at radius 1 is 0.939 bits per heavy atom. The molecule has 1 aliphatic rings. The van der Waals surface area contributed by atoms with E-state index in [0.717, 1.165) is 10.2 Å². The quantitative estimate of drug-likeness (QED) is 0.604. The molecule has 33 heavy (non-hydrogen) atoms. The zero-order valence-corrected chi connectivity index (χ0v) is 19.2. The number of fused-ring (bicyclic) bond motifs is 1. The lowest BCUT2D eigenvalue weighted by atomic mass is 10.2. The molecular formula is C23H26N4O5S. The van der Waals surface area contributed by atoms with Crippen LogP contribution < -0.4 is 11.1 Å². The lowest BCUT2D eigenvalue weighted by Crippen LogP contribution is -2.38. The predicted molar refractivity (Wildman–Crippen MR) is 125 cm³/mol. The number of aromatic amines is 1. The van der Waals surface area contributed by atoms with Crippen LogP contribution in [-0.4, -0.2) is 59.5 Å². The van der Waals surface area contributed by atoms with Gasteiger partial charge in [0.15, 0.2) is 0 Å². The fourth-order valence-electron chi connectivity index (χ4n) is 4.01. The lowest BCUT2D eigenvalue weighted by Gasteiger charge is -2.22. The molecule has 0 bridgehead atoms. The van der Waals surface area contributed by atoms with E-state index in [1.807, 2.05) is 6.92 Å². The third-order valence-electron chi connectivity index (χ3n) is 5.90. The number of amides is 1. The van der Waals surface area contributed by atoms with Crippen molar-refractivity contribution in [3.8, 4) is 0 Å². The number of H-pyrrole nitrogens is 1. The molecule has 9 nitrogen and oxygen atoms in total. The van der Waals surface area contributed by atoms with Gasteiger partial charge in [-0.15, -0.1) is 0 Å². The first-order valence-corrected chi connectivity index (χ1v) is 12.3. The second kappa shape index (κ2) is 9.32. The number of carbonyl (C=O) groups is 1. The molecule has 1 amide bonds. The summed E-state index contributed by atoms with van der Waals surface area (Å²) in [5, 5.41) is 3.15. The van der Waals surface area contributed by atoms with Crippen LogP contribution in [0.1, 0.15) is 18.4 Å². The molecule has 2 heterocycles. The first-order chi connectivity index (χ1) is 15.8. The molecule has 4 rings (SSSR count). The highest BCUT2D eigenvalue weighted by molar-refractivity contribution is 7.89. The Bertz CT molecular complexity index is 1390. The summed E-state index contributed by atoms with van der Waals surface area (Å²) in [6, 6.07) is 13.3. The second-order valence-electron chi connectivity index (χ2n) is 8.14. The van der Waals surface area contributed by atoms with E-state index in [4.69, 9.17) is 0 Å². The van der Waals surface area contributed by atoms with Crippen LogP contribution in [0.2, 0.25) is 0 Å². The third-order valence-corrected chi connectivity index (χ3v) is 7.81. The summed E-state index contributed by atoms with van der Waals surface area (Å²) in [6.45, 7) is 3.17. The average molecular weight is 471 g/mol. The van der Waals surface area contributed by atoms with Crippen LogP contribution in [0.4, 0.5) is 0 Å². The van der Waals surface area contributed by atoms with Gasteiger partial charge in [0.05, 0.1) is 22.2 Å². The van der Waals surface area contributed by atoms with E-state index >= 15 is 0 Å². The minimum atomic E-state index is -3.63. The van der Waals surface area contributed by atoms with Gasteiger partial charge in [0.2, 0.25) is 15.9 Å². The van der Waals surface area contributed by atoms with Crippen LogP contribution in [-0.2, 0) is 21.4 Å². The summed E-state index contributed by atoms with van der Waals surface area (Å²) in [7, 11) is -3.63. The zero-order chi connectivity index (χ0) is 23.6. The second-order valence-corrected chi connectivity index (χ2v) is 10.1. The number of rotatable bonds is 5. The van der Waals surface area contributed by atoms with Crippen LogP contribution in [0.25, 0.3) is 10.8 Å². The maximum Gasteiger partial charge on any atom is 0.273 e. The molecule has 0 atom stereocenters. The molecule has 0 aliphatic carbocycles. The summed E-state index contributed by atoms with van der Waals surface area (Å²) in [5.41, 5.74) is 0.238. The molecule has 1 aliphatic heterocycles. The molecule has 1 saturated heterocycles. The topological polar surface area (TPSA) is 113 Å². The molecule has 1 fully saturated rings. The molecule has 2 aromatic carbocycles. The molecule has 0 saturated carbocycles.